The number of allylic oxidation sites excluding steroid dienone is 4. The van der Waals surface area contributed by atoms with Crippen molar-refractivity contribution < 1.29 is 19.1 Å². The van der Waals surface area contributed by atoms with E-state index in [-0.39, 0.29) is 17.8 Å². The Balaban J connectivity index is 1.56. The lowest BCUT2D eigenvalue weighted by Gasteiger charge is -2.43. The minimum absolute atomic E-state index is 0.00557. The van der Waals surface area contributed by atoms with Crippen LogP contribution in [0.15, 0.2) is 97.6 Å². The molecule has 2 aliphatic carbocycles. The molecule has 0 saturated carbocycles. The van der Waals surface area contributed by atoms with Gasteiger partial charge in [-0.15, -0.1) is 0 Å². The predicted octanol–water partition coefficient (Wildman–Crippen LogP) is 4.87. The molecule has 34 heavy (non-hydrogen) atoms. The summed E-state index contributed by atoms with van der Waals surface area (Å²) in [6.45, 7) is 2.01. The highest BCUT2D eigenvalue weighted by Gasteiger charge is 2.47. The molecule has 0 spiro atoms. The molecule has 0 radical (unpaired) electrons. The maximum absolute atomic E-state index is 13.2. The highest BCUT2D eigenvalue weighted by Crippen LogP contribution is 2.47. The third kappa shape index (κ3) is 4.15. The number of fused-ring (bicyclic) bond motifs is 1. The fourth-order valence-corrected chi connectivity index (χ4v) is 4.86. The van der Waals surface area contributed by atoms with Crippen molar-refractivity contribution in [1.29, 1.82) is 0 Å². The summed E-state index contributed by atoms with van der Waals surface area (Å²) in [5.74, 6) is -1.32. The van der Waals surface area contributed by atoms with Crippen molar-refractivity contribution in [3.8, 4) is 0 Å². The van der Waals surface area contributed by atoms with Crippen LogP contribution in [0.25, 0.3) is 0 Å². The molecule has 0 saturated heterocycles. The van der Waals surface area contributed by atoms with Crippen molar-refractivity contribution >= 4 is 11.9 Å². The number of aromatic nitrogens is 2. The van der Waals surface area contributed by atoms with E-state index < -0.39 is 24.1 Å². The van der Waals surface area contributed by atoms with Gasteiger partial charge in [-0.3, -0.25) is 9.97 Å². The SMILES string of the molecule is C[C@H]1c2ccccc2[C@H](C2C=CC=C2)C(OC(=O)c2ccncc2)C1OC(=O)c1ccncc1. The number of hydrogen-bond acceptors (Lipinski definition) is 6. The maximum Gasteiger partial charge on any atom is 0.338 e. The van der Waals surface area contributed by atoms with Gasteiger partial charge < -0.3 is 9.47 Å². The Bertz CT molecular complexity index is 1230. The van der Waals surface area contributed by atoms with E-state index >= 15 is 0 Å². The van der Waals surface area contributed by atoms with E-state index in [0.29, 0.717) is 11.1 Å². The van der Waals surface area contributed by atoms with Crippen LogP contribution in [-0.4, -0.2) is 34.1 Å². The first-order valence-corrected chi connectivity index (χ1v) is 11.3. The van der Waals surface area contributed by atoms with Gasteiger partial charge in [0.15, 0.2) is 0 Å². The molecule has 0 amide bonds. The monoisotopic (exact) mass is 452 g/mol. The third-order valence-corrected chi connectivity index (χ3v) is 6.53. The van der Waals surface area contributed by atoms with Gasteiger partial charge in [-0.2, -0.15) is 0 Å². The van der Waals surface area contributed by atoms with Crippen LogP contribution in [-0.2, 0) is 9.47 Å². The molecule has 2 heterocycles. The van der Waals surface area contributed by atoms with Crippen molar-refractivity contribution in [2.75, 3.05) is 0 Å². The average molecular weight is 453 g/mol. The Morgan fingerprint density at radius 3 is 1.76 bits per heavy atom. The Hall–Kier alpha value is -4.06. The van der Waals surface area contributed by atoms with Crippen molar-refractivity contribution in [3.05, 3.63) is 120 Å². The molecule has 5 rings (SSSR count). The zero-order valence-corrected chi connectivity index (χ0v) is 18.7. The van der Waals surface area contributed by atoms with E-state index in [4.69, 9.17) is 9.47 Å². The molecule has 2 aromatic heterocycles. The first-order chi connectivity index (χ1) is 16.6. The van der Waals surface area contributed by atoms with Crippen LogP contribution in [0.1, 0.15) is 50.6 Å². The summed E-state index contributed by atoms with van der Waals surface area (Å²) < 4.78 is 12.2. The molecule has 6 heteroatoms. The number of carbonyl (C=O) groups excluding carboxylic acids is 2. The Morgan fingerprint density at radius 1 is 0.706 bits per heavy atom. The summed E-state index contributed by atoms with van der Waals surface area (Å²) >= 11 is 0. The number of pyridine rings is 2. The number of hydrogen-bond donors (Lipinski definition) is 0. The largest absolute Gasteiger partial charge is 0.454 e. The molecule has 0 N–H and O–H groups in total. The van der Waals surface area contributed by atoms with Gasteiger partial charge in [-0.25, -0.2) is 9.59 Å². The van der Waals surface area contributed by atoms with Crippen LogP contribution >= 0.6 is 0 Å². The highest BCUT2D eigenvalue weighted by atomic mass is 16.6. The van der Waals surface area contributed by atoms with Crippen LogP contribution in [0, 0.1) is 5.92 Å². The van der Waals surface area contributed by atoms with Gasteiger partial charge in [-0.1, -0.05) is 55.5 Å². The topological polar surface area (TPSA) is 78.4 Å². The van der Waals surface area contributed by atoms with E-state index in [1.807, 2.05) is 31.2 Å². The van der Waals surface area contributed by atoms with Crippen molar-refractivity contribution in [2.24, 2.45) is 5.92 Å². The summed E-state index contributed by atoms with van der Waals surface area (Å²) in [6.07, 6.45) is 13.0. The molecule has 170 valence electrons. The smallest absolute Gasteiger partial charge is 0.338 e. The van der Waals surface area contributed by atoms with E-state index in [1.165, 1.54) is 0 Å². The zero-order valence-electron chi connectivity index (χ0n) is 18.7. The molecule has 6 nitrogen and oxygen atoms in total. The minimum Gasteiger partial charge on any atom is -0.454 e. The normalized spacial score (nSPS) is 23.3. The number of benzene rings is 1. The second-order valence-corrected chi connectivity index (χ2v) is 8.50. The average Bonchev–Trinajstić information content (AvgIpc) is 3.42. The van der Waals surface area contributed by atoms with E-state index in [2.05, 4.69) is 34.3 Å². The van der Waals surface area contributed by atoms with E-state index in [9.17, 15) is 9.59 Å². The zero-order chi connectivity index (χ0) is 23.5. The van der Waals surface area contributed by atoms with Crippen LogP contribution in [0.3, 0.4) is 0 Å². The summed E-state index contributed by atoms with van der Waals surface area (Å²) in [5.41, 5.74) is 2.99. The van der Waals surface area contributed by atoms with Gasteiger partial charge in [0.2, 0.25) is 0 Å². The van der Waals surface area contributed by atoms with Crippen molar-refractivity contribution in [3.63, 3.8) is 0 Å². The number of esters is 2. The molecular formula is C28H24N2O4. The van der Waals surface area contributed by atoms with Gasteiger partial charge >= 0.3 is 11.9 Å². The van der Waals surface area contributed by atoms with Crippen LogP contribution < -0.4 is 0 Å². The lowest BCUT2D eigenvalue weighted by Crippen LogP contribution is -2.47. The molecular weight excluding hydrogens is 428 g/mol. The second-order valence-electron chi connectivity index (χ2n) is 8.50. The standard InChI is InChI=1S/C28H24N2O4/c1-18-22-8-4-5-9-23(22)24(19-6-2-3-7-19)26(34-28(32)21-12-16-30-17-13-21)25(18)33-27(31)20-10-14-29-15-11-20/h2-19,24-26H,1H3/t18-,24-,25?,26?/m0/s1. The molecule has 2 unspecified atom stereocenters. The predicted molar refractivity (Wildman–Crippen MR) is 126 cm³/mol. The summed E-state index contributed by atoms with van der Waals surface area (Å²) in [7, 11) is 0. The van der Waals surface area contributed by atoms with E-state index in [0.717, 1.165) is 11.1 Å². The fraction of sp³-hybridized carbons (Fsp3) is 0.214. The van der Waals surface area contributed by atoms with Gasteiger partial charge in [0.1, 0.15) is 12.2 Å². The van der Waals surface area contributed by atoms with Gasteiger partial charge in [0.05, 0.1) is 11.1 Å². The van der Waals surface area contributed by atoms with Crippen LogP contribution in [0.5, 0.6) is 0 Å². The summed E-state index contributed by atoms with van der Waals surface area (Å²) in [6, 6.07) is 14.6. The van der Waals surface area contributed by atoms with Crippen LogP contribution in [0.4, 0.5) is 0 Å². The number of ether oxygens (including phenoxy) is 2. The number of carbonyl (C=O) groups is 2. The molecule has 3 aromatic rings. The Labute approximate surface area is 198 Å². The summed E-state index contributed by atoms with van der Waals surface area (Å²) in [4.78, 5) is 34.2. The number of rotatable bonds is 5. The molecule has 0 fully saturated rings. The van der Waals surface area contributed by atoms with Crippen molar-refractivity contribution in [2.45, 2.75) is 31.0 Å². The van der Waals surface area contributed by atoms with Gasteiger partial charge in [-0.05, 0) is 35.4 Å². The first kappa shape index (κ1) is 21.8. The minimum atomic E-state index is -0.686. The number of nitrogens with zero attached hydrogens (tertiary/aromatic N) is 2. The lowest BCUT2D eigenvalue weighted by atomic mass is 9.69. The van der Waals surface area contributed by atoms with Gasteiger partial charge in [0, 0.05) is 42.5 Å². The Morgan fingerprint density at radius 2 is 1.21 bits per heavy atom. The highest BCUT2D eigenvalue weighted by molar-refractivity contribution is 5.90. The lowest BCUT2D eigenvalue weighted by molar-refractivity contribution is -0.0603. The Kier molecular flexibility index (Phi) is 6.04. The van der Waals surface area contributed by atoms with Crippen molar-refractivity contribution in [1.82, 2.24) is 9.97 Å². The molecule has 4 atom stereocenters. The molecule has 2 aliphatic rings. The van der Waals surface area contributed by atoms with Gasteiger partial charge in [0.25, 0.3) is 0 Å². The van der Waals surface area contributed by atoms with Crippen LogP contribution in [0.2, 0.25) is 0 Å². The first-order valence-electron chi connectivity index (χ1n) is 11.3. The quantitative estimate of drug-likeness (QED) is 0.514. The molecule has 0 bridgehead atoms. The fourth-order valence-electron chi connectivity index (χ4n) is 4.86. The maximum atomic E-state index is 13.2. The second kappa shape index (κ2) is 9.43. The van der Waals surface area contributed by atoms with E-state index in [1.54, 1.807) is 49.1 Å². The third-order valence-electron chi connectivity index (χ3n) is 6.53. The summed E-state index contributed by atoms with van der Waals surface area (Å²) in [5, 5.41) is 0. The molecule has 0 aliphatic heterocycles. The molecule has 1 aromatic carbocycles.